The van der Waals surface area contributed by atoms with E-state index in [0.29, 0.717) is 12.1 Å². The molecule has 1 aliphatic carbocycles. The summed E-state index contributed by atoms with van der Waals surface area (Å²) in [4.78, 5) is 2.56. The maximum Gasteiger partial charge on any atom is 0.0589 e. The Morgan fingerprint density at radius 2 is 1.88 bits per heavy atom. The lowest BCUT2D eigenvalue weighted by Gasteiger charge is -2.31. The minimum Gasteiger partial charge on any atom is -0.383 e. The molecule has 1 unspecified atom stereocenters. The Kier molecular flexibility index (Phi) is 7.09. The van der Waals surface area contributed by atoms with Crippen LogP contribution in [-0.4, -0.2) is 43.8 Å². The fraction of sp³-hybridized carbons (Fsp3) is 1.00. The molecule has 1 aliphatic rings. The smallest absolute Gasteiger partial charge is 0.0589 e. The zero-order chi connectivity index (χ0) is 12.7. The molecule has 1 fully saturated rings. The van der Waals surface area contributed by atoms with Gasteiger partial charge in [0.2, 0.25) is 0 Å². The van der Waals surface area contributed by atoms with Crippen LogP contribution in [0.15, 0.2) is 0 Å². The quantitative estimate of drug-likeness (QED) is 0.638. The van der Waals surface area contributed by atoms with Crippen molar-refractivity contribution in [3.63, 3.8) is 0 Å². The fourth-order valence-corrected chi connectivity index (χ4v) is 2.57. The van der Waals surface area contributed by atoms with Gasteiger partial charge in [0.05, 0.1) is 6.61 Å². The van der Waals surface area contributed by atoms with E-state index in [9.17, 15) is 0 Å². The molecule has 3 heteroatoms. The van der Waals surface area contributed by atoms with Gasteiger partial charge in [-0.1, -0.05) is 13.8 Å². The van der Waals surface area contributed by atoms with Crippen molar-refractivity contribution in [1.82, 2.24) is 4.90 Å². The lowest BCUT2D eigenvalue weighted by molar-refractivity contribution is 0.112. The zero-order valence-corrected chi connectivity index (χ0v) is 11.8. The van der Waals surface area contributed by atoms with E-state index in [1.807, 2.05) is 0 Å². The topological polar surface area (TPSA) is 38.5 Å². The van der Waals surface area contributed by atoms with E-state index in [0.717, 1.165) is 32.0 Å². The predicted octanol–water partition coefficient (Wildman–Crippen LogP) is 2.25. The molecule has 0 aliphatic heterocycles. The van der Waals surface area contributed by atoms with Crippen LogP contribution >= 0.6 is 0 Å². The van der Waals surface area contributed by atoms with E-state index in [1.54, 1.807) is 7.11 Å². The summed E-state index contributed by atoms with van der Waals surface area (Å²) in [5.41, 5.74) is 6.18. The highest BCUT2D eigenvalue weighted by Gasteiger charge is 2.28. The second kappa shape index (κ2) is 8.06. The number of ether oxygens (including phenoxy) is 1. The Hall–Kier alpha value is -0.120. The first-order valence-corrected chi connectivity index (χ1v) is 7.21. The predicted molar refractivity (Wildman–Crippen MR) is 73.1 cm³/mol. The summed E-state index contributed by atoms with van der Waals surface area (Å²) < 4.78 is 5.21. The molecule has 102 valence electrons. The van der Waals surface area contributed by atoms with Gasteiger partial charge in [0.1, 0.15) is 0 Å². The van der Waals surface area contributed by atoms with Gasteiger partial charge in [-0.25, -0.2) is 0 Å². The summed E-state index contributed by atoms with van der Waals surface area (Å²) in [5.74, 6) is 0.820. The number of hydrogen-bond acceptors (Lipinski definition) is 3. The average Bonchev–Trinajstić information content (AvgIpc) is 3.16. The number of nitrogens with two attached hydrogens (primary N) is 1. The Balaban J connectivity index is 2.32. The second-order valence-corrected chi connectivity index (χ2v) is 5.29. The average molecular weight is 242 g/mol. The van der Waals surface area contributed by atoms with Crippen LogP contribution in [0.4, 0.5) is 0 Å². The summed E-state index contributed by atoms with van der Waals surface area (Å²) in [6.07, 6.45) is 6.29. The SMILES string of the molecule is CCC(CC)N(CCOC)CCC(N)C1CC1. The maximum absolute atomic E-state index is 6.18. The first kappa shape index (κ1) is 14.9. The van der Waals surface area contributed by atoms with Crippen molar-refractivity contribution in [1.29, 1.82) is 0 Å². The van der Waals surface area contributed by atoms with Crippen LogP contribution in [0, 0.1) is 5.92 Å². The van der Waals surface area contributed by atoms with Crippen molar-refractivity contribution in [3.05, 3.63) is 0 Å². The normalized spacial score (nSPS) is 18.0. The highest BCUT2D eigenvalue weighted by atomic mass is 16.5. The molecule has 2 N–H and O–H groups in total. The van der Waals surface area contributed by atoms with Crippen LogP contribution in [0.5, 0.6) is 0 Å². The van der Waals surface area contributed by atoms with Crippen LogP contribution in [0.2, 0.25) is 0 Å². The molecule has 0 amide bonds. The first-order valence-electron chi connectivity index (χ1n) is 7.21. The molecule has 0 aromatic rings. The van der Waals surface area contributed by atoms with E-state index in [-0.39, 0.29) is 0 Å². The number of nitrogens with zero attached hydrogens (tertiary/aromatic N) is 1. The van der Waals surface area contributed by atoms with Crippen LogP contribution < -0.4 is 5.73 Å². The van der Waals surface area contributed by atoms with Crippen molar-refractivity contribution >= 4 is 0 Å². The third-order valence-electron chi connectivity index (χ3n) is 4.02. The molecular weight excluding hydrogens is 212 g/mol. The largest absolute Gasteiger partial charge is 0.383 e. The van der Waals surface area contributed by atoms with Gasteiger partial charge in [-0.15, -0.1) is 0 Å². The molecule has 0 aromatic carbocycles. The molecule has 17 heavy (non-hydrogen) atoms. The van der Waals surface area contributed by atoms with Gasteiger partial charge in [0, 0.05) is 32.3 Å². The maximum atomic E-state index is 6.18. The van der Waals surface area contributed by atoms with Gasteiger partial charge in [-0.05, 0) is 38.0 Å². The van der Waals surface area contributed by atoms with Gasteiger partial charge in [-0.3, -0.25) is 4.90 Å². The van der Waals surface area contributed by atoms with Gasteiger partial charge >= 0.3 is 0 Å². The van der Waals surface area contributed by atoms with E-state index >= 15 is 0 Å². The number of hydrogen-bond donors (Lipinski definition) is 1. The van der Waals surface area contributed by atoms with Crippen molar-refractivity contribution in [2.24, 2.45) is 11.7 Å². The van der Waals surface area contributed by atoms with Crippen molar-refractivity contribution < 1.29 is 4.74 Å². The Bertz CT molecular complexity index is 191. The van der Waals surface area contributed by atoms with Crippen molar-refractivity contribution in [2.75, 3.05) is 26.8 Å². The molecule has 0 spiro atoms. The fourth-order valence-electron chi connectivity index (χ4n) is 2.57. The number of methoxy groups -OCH3 is 1. The van der Waals surface area contributed by atoms with Crippen LogP contribution in [0.3, 0.4) is 0 Å². The summed E-state index contributed by atoms with van der Waals surface area (Å²) in [6, 6.07) is 1.12. The molecule has 0 aromatic heterocycles. The Morgan fingerprint density at radius 3 is 2.35 bits per heavy atom. The summed E-state index contributed by atoms with van der Waals surface area (Å²) in [5, 5.41) is 0. The van der Waals surface area contributed by atoms with Gasteiger partial charge in [-0.2, -0.15) is 0 Å². The molecule has 0 heterocycles. The molecule has 3 nitrogen and oxygen atoms in total. The minimum atomic E-state index is 0.425. The third kappa shape index (κ3) is 5.36. The highest BCUT2D eigenvalue weighted by molar-refractivity contribution is 4.85. The van der Waals surface area contributed by atoms with Crippen molar-refractivity contribution in [2.45, 2.75) is 58.0 Å². The Morgan fingerprint density at radius 1 is 1.24 bits per heavy atom. The van der Waals surface area contributed by atoms with E-state index in [2.05, 4.69) is 18.7 Å². The zero-order valence-electron chi connectivity index (χ0n) is 11.8. The molecule has 1 saturated carbocycles. The second-order valence-electron chi connectivity index (χ2n) is 5.29. The first-order chi connectivity index (χ1) is 8.22. The minimum absolute atomic E-state index is 0.425. The van der Waals surface area contributed by atoms with Crippen molar-refractivity contribution in [3.8, 4) is 0 Å². The lowest BCUT2D eigenvalue weighted by atomic mass is 10.1. The van der Waals surface area contributed by atoms with E-state index < -0.39 is 0 Å². The number of rotatable bonds is 10. The molecule has 1 rings (SSSR count). The van der Waals surface area contributed by atoms with Crippen LogP contribution in [0.1, 0.15) is 46.0 Å². The molecule has 0 saturated heterocycles. The van der Waals surface area contributed by atoms with E-state index in [1.165, 1.54) is 25.7 Å². The summed E-state index contributed by atoms with van der Waals surface area (Å²) in [7, 11) is 1.78. The summed E-state index contributed by atoms with van der Waals surface area (Å²) in [6.45, 7) is 7.55. The highest BCUT2D eigenvalue weighted by Crippen LogP contribution is 2.32. The third-order valence-corrected chi connectivity index (χ3v) is 4.02. The lowest BCUT2D eigenvalue weighted by Crippen LogP contribution is -2.40. The van der Waals surface area contributed by atoms with Gasteiger partial charge in [0.15, 0.2) is 0 Å². The molecule has 0 bridgehead atoms. The standard InChI is InChI=1S/C14H30N2O/c1-4-13(5-2)16(10-11-17-3)9-8-14(15)12-6-7-12/h12-14H,4-11,15H2,1-3H3. The van der Waals surface area contributed by atoms with Gasteiger partial charge in [0.25, 0.3) is 0 Å². The Labute approximate surface area is 107 Å². The molecular formula is C14H30N2O. The van der Waals surface area contributed by atoms with Crippen LogP contribution in [0.25, 0.3) is 0 Å². The molecule has 1 atom stereocenters. The van der Waals surface area contributed by atoms with E-state index in [4.69, 9.17) is 10.5 Å². The van der Waals surface area contributed by atoms with Gasteiger partial charge < -0.3 is 10.5 Å². The summed E-state index contributed by atoms with van der Waals surface area (Å²) >= 11 is 0. The van der Waals surface area contributed by atoms with Crippen LogP contribution in [-0.2, 0) is 4.74 Å². The monoisotopic (exact) mass is 242 g/mol. The molecule has 0 radical (unpaired) electrons.